The third-order valence-corrected chi connectivity index (χ3v) is 7.20. The highest BCUT2D eigenvalue weighted by Gasteiger charge is 2.33. The first-order valence-electron chi connectivity index (χ1n) is 9.18. The van der Waals surface area contributed by atoms with E-state index in [4.69, 9.17) is 4.42 Å². The van der Waals surface area contributed by atoms with Gasteiger partial charge in [-0.15, -0.1) is 0 Å². The van der Waals surface area contributed by atoms with E-state index in [9.17, 15) is 13.2 Å². The Morgan fingerprint density at radius 1 is 1.11 bits per heavy atom. The van der Waals surface area contributed by atoms with Crippen molar-refractivity contribution in [3.8, 4) is 0 Å². The van der Waals surface area contributed by atoms with E-state index >= 15 is 0 Å². The summed E-state index contributed by atoms with van der Waals surface area (Å²) >= 11 is 0. The Morgan fingerprint density at radius 2 is 1.81 bits per heavy atom. The summed E-state index contributed by atoms with van der Waals surface area (Å²) in [7, 11) is -3.55. The van der Waals surface area contributed by atoms with Gasteiger partial charge in [-0.1, -0.05) is 6.07 Å². The van der Waals surface area contributed by atoms with Crippen molar-refractivity contribution < 1.29 is 17.6 Å². The highest BCUT2D eigenvalue weighted by Crippen LogP contribution is 2.39. The molecule has 0 radical (unpaired) electrons. The summed E-state index contributed by atoms with van der Waals surface area (Å²) in [6.07, 6.45) is 3.53. The van der Waals surface area contributed by atoms with Gasteiger partial charge in [0, 0.05) is 32.1 Å². The van der Waals surface area contributed by atoms with Crippen molar-refractivity contribution in [2.24, 2.45) is 0 Å². The molecule has 1 saturated heterocycles. The first-order valence-corrected chi connectivity index (χ1v) is 10.6. The van der Waals surface area contributed by atoms with Crippen molar-refractivity contribution in [1.82, 2.24) is 14.2 Å². The predicted molar refractivity (Wildman–Crippen MR) is 99.1 cm³/mol. The molecule has 144 valence electrons. The summed E-state index contributed by atoms with van der Waals surface area (Å²) in [5, 5.41) is 0. The number of sulfonamides is 1. The van der Waals surface area contributed by atoms with Crippen molar-refractivity contribution in [2.75, 3.05) is 26.2 Å². The molecule has 1 aromatic carbocycles. The molecule has 1 aliphatic heterocycles. The molecular weight excluding hydrogens is 366 g/mol. The monoisotopic (exact) mass is 389 g/mol. The number of carbonyl (C=O) groups excluding carboxylic acids is 1. The van der Waals surface area contributed by atoms with Gasteiger partial charge in [-0.25, -0.2) is 13.4 Å². The fourth-order valence-corrected chi connectivity index (χ4v) is 4.73. The van der Waals surface area contributed by atoms with Gasteiger partial charge >= 0.3 is 0 Å². The fourth-order valence-electron chi connectivity index (χ4n) is 3.22. The summed E-state index contributed by atoms with van der Waals surface area (Å²) in [5.41, 5.74) is 2.31. The molecule has 1 aliphatic carbocycles. The smallest absolute Gasteiger partial charge is 0.275 e. The second kappa shape index (κ2) is 6.76. The largest absolute Gasteiger partial charge is 0.448 e. The van der Waals surface area contributed by atoms with E-state index < -0.39 is 10.0 Å². The minimum Gasteiger partial charge on any atom is -0.448 e. The van der Waals surface area contributed by atoms with Gasteiger partial charge in [0.05, 0.1) is 4.90 Å². The summed E-state index contributed by atoms with van der Waals surface area (Å²) in [6, 6.07) is 5.17. The van der Waals surface area contributed by atoms with Crippen LogP contribution in [0.2, 0.25) is 0 Å². The molecule has 0 bridgehead atoms. The molecule has 2 heterocycles. The number of piperazine rings is 1. The van der Waals surface area contributed by atoms with E-state index in [2.05, 4.69) is 4.98 Å². The van der Waals surface area contributed by atoms with E-state index in [-0.39, 0.29) is 19.0 Å². The molecule has 0 atom stereocenters. The lowest BCUT2D eigenvalue weighted by atomic mass is 10.1. The number of oxazole rings is 1. The first kappa shape index (κ1) is 18.2. The fraction of sp³-hybridized carbons (Fsp3) is 0.474. The van der Waals surface area contributed by atoms with Crippen molar-refractivity contribution in [1.29, 1.82) is 0 Å². The topological polar surface area (TPSA) is 83.7 Å². The number of hydrogen-bond donors (Lipinski definition) is 0. The Morgan fingerprint density at radius 3 is 2.44 bits per heavy atom. The lowest BCUT2D eigenvalue weighted by Gasteiger charge is -2.33. The highest BCUT2D eigenvalue weighted by atomic mass is 32.2. The average molecular weight is 389 g/mol. The average Bonchev–Trinajstić information content (AvgIpc) is 3.40. The molecule has 0 unspecified atom stereocenters. The van der Waals surface area contributed by atoms with Crippen LogP contribution in [0.1, 0.15) is 46.3 Å². The Kier molecular flexibility index (Phi) is 4.55. The number of hydrogen-bond acceptors (Lipinski definition) is 5. The van der Waals surface area contributed by atoms with E-state index in [0.717, 1.165) is 24.0 Å². The number of aromatic nitrogens is 1. The maximum absolute atomic E-state index is 12.9. The number of aryl methyl sites for hydroxylation is 2. The Hall–Kier alpha value is -2.19. The number of carbonyl (C=O) groups is 1. The quantitative estimate of drug-likeness (QED) is 0.801. The Bertz CT molecular complexity index is 971. The van der Waals surface area contributed by atoms with Crippen LogP contribution in [0.5, 0.6) is 0 Å². The van der Waals surface area contributed by atoms with E-state index in [0.29, 0.717) is 35.5 Å². The molecule has 0 N–H and O–H groups in total. The zero-order valence-corrected chi connectivity index (χ0v) is 16.3. The normalized spacial score (nSPS) is 18.7. The third kappa shape index (κ3) is 3.51. The second-order valence-electron chi connectivity index (χ2n) is 7.29. The third-order valence-electron chi connectivity index (χ3n) is 5.31. The van der Waals surface area contributed by atoms with E-state index in [1.54, 1.807) is 17.0 Å². The van der Waals surface area contributed by atoms with Gasteiger partial charge in [-0.3, -0.25) is 4.79 Å². The van der Waals surface area contributed by atoms with Crippen LogP contribution >= 0.6 is 0 Å². The van der Waals surface area contributed by atoms with Gasteiger partial charge in [0.2, 0.25) is 10.0 Å². The molecule has 1 amide bonds. The molecule has 4 rings (SSSR count). The summed E-state index contributed by atoms with van der Waals surface area (Å²) < 4.78 is 32.6. The van der Waals surface area contributed by atoms with Gasteiger partial charge in [0.1, 0.15) is 6.26 Å². The maximum atomic E-state index is 12.9. The number of amides is 1. The van der Waals surface area contributed by atoms with Crippen LogP contribution < -0.4 is 0 Å². The van der Waals surface area contributed by atoms with Crippen LogP contribution in [0.25, 0.3) is 0 Å². The Labute approximate surface area is 159 Å². The number of nitrogens with zero attached hydrogens (tertiary/aromatic N) is 3. The van der Waals surface area contributed by atoms with E-state index in [1.807, 2.05) is 19.9 Å². The van der Waals surface area contributed by atoms with Gasteiger partial charge < -0.3 is 9.32 Å². The zero-order valence-electron chi connectivity index (χ0n) is 15.5. The van der Waals surface area contributed by atoms with Crippen molar-refractivity contribution in [2.45, 2.75) is 37.5 Å². The van der Waals surface area contributed by atoms with Gasteiger partial charge in [-0.2, -0.15) is 4.31 Å². The van der Waals surface area contributed by atoms with Crippen LogP contribution in [-0.4, -0.2) is 54.7 Å². The molecule has 2 aliphatic rings. The summed E-state index contributed by atoms with van der Waals surface area (Å²) in [6.45, 7) is 5.08. The molecule has 1 aromatic heterocycles. The standard InChI is InChI=1S/C19H23N3O4S/c1-13-3-6-16(11-14(13)2)27(24,25)22-9-7-21(8-10-22)19(23)17-12-26-18(20-17)15-4-5-15/h3,6,11-12,15H,4-5,7-10H2,1-2H3. The second-order valence-corrected chi connectivity index (χ2v) is 9.23. The lowest BCUT2D eigenvalue weighted by Crippen LogP contribution is -2.50. The highest BCUT2D eigenvalue weighted by molar-refractivity contribution is 7.89. The number of benzene rings is 1. The first-order chi connectivity index (χ1) is 12.9. The molecule has 0 spiro atoms. The molecule has 1 saturated carbocycles. The molecule has 8 heteroatoms. The van der Waals surface area contributed by atoms with Crippen molar-refractivity contribution in [3.63, 3.8) is 0 Å². The van der Waals surface area contributed by atoms with Crippen LogP contribution in [0.4, 0.5) is 0 Å². The van der Waals surface area contributed by atoms with Crippen LogP contribution in [-0.2, 0) is 10.0 Å². The molecule has 2 fully saturated rings. The SMILES string of the molecule is Cc1ccc(S(=O)(=O)N2CCN(C(=O)c3coc(C4CC4)n3)CC2)cc1C. The number of rotatable bonds is 4. The van der Waals surface area contributed by atoms with Gasteiger partial charge in [0.15, 0.2) is 11.6 Å². The van der Waals surface area contributed by atoms with Gasteiger partial charge in [-0.05, 0) is 49.9 Å². The summed E-state index contributed by atoms with van der Waals surface area (Å²) in [5.74, 6) is 0.787. The van der Waals surface area contributed by atoms with Crippen molar-refractivity contribution >= 4 is 15.9 Å². The van der Waals surface area contributed by atoms with Crippen LogP contribution in [0.15, 0.2) is 33.8 Å². The lowest BCUT2D eigenvalue weighted by molar-refractivity contribution is 0.0692. The maximum Gasteiger partial charge on any atom is 0.275 e. The molecule has 2 aromatic rings. The minimum absolute atomic E-state index is 0.200. The van der Waals surface area contributed by atoms with Crippen LogP contribution in [0, 0.1) is 13.8 Å². The molecule has 27 heavy (non-hydrogen) atoms. The molecular formula is C19H23N3O4S. The van der Waals surface area contributed by atoms with Crippen LogP contribution in [0.3, 0.4) is 0 Å². The Balaban J connectivity index is 1.43. The minimum atomic E-state index is -3.55. The van der Waals surface area contributed by atoms with Gasteiger partial charge in [0.25, 0.3) is 5.91 Å². The summed E-state index contributed by atoms with van der Waals surface area (Å²) in [4.78, 5) is 18.8. The zero-order chi connectivity index (χ0) is 19.2. The predicted octanol–water partition coefficient (Wildman–Crippen LogP) is 2.32. The van der Waals surface area contributed by atoms with E-state index in [1.165, 1.54) is 10.6 Å². The van der Waals surface area contributed by atoms with Crippen molar-refractivity contribution in [3.05, 3.63) is 47.2 Å². The molecule has 7 nitrogen and oxygen atoms in total.